The zero-order valence-corrected chi connectivity index (χ0v) is 16.1. The molecule has 144 valence electrons. The van der Waals surface area contributed by atoms with Gasteiger partial charge in [0.2, 0.25) is 5.91 Å². The van der Waals surface area contributed by atoms with Crippen molar-refractivity contribution in [1.29, 1.82) is 0 Å². The number of carbonyl (C=O) groups excluding carboxylic acids is 2. The Hall–Kier alpha value is -2.69. The van der Waals surface area contributed by atoms with Crippen LogP contribution in [0.3, 0.4) is 0 Å². The number of hydrogen-bond acceptors (Lipinski definition) is 2. The van der Waals surface area contributed by atoms with Crippen LogP contribution in [0.5, 0.6) is 0 Å². The Morgan fingerprint density at radius 3 is 2.30 bits per heavy atom. The highest BCUT2D eigenvalue weighted by atomic mass is 19.1. The number of aryl methyl sites for hydroxylation is 2. The molecule has 0 aliphatic rings. The average molecular weight is 370 g/mol. The molecule has 2 N–H and O–H groups in total. The molecule has 0 aliphatic carbocycles. The molecular formula is C22H27FN2O2. The van der Waals surface area contributed by atoms with E-state index in [4.69, 9.17) is 0 Å². The predicted molar refractivity (Wildman–Crippen MR) is 105 cm³/mol. The summed E-state index contributed by atoms with van der Waals surface area (Å²) < 4.78 is 13.5. The fourth-order valence-electron chi connectivity index (χ4n) is 2.63. The van der Waals surface area contributed by atoms with Crippen molar-refractivity contribution < 1.29 is 14.0 Å². The molecule has 0 heterocycles. The van der Waals surface area contributed by atoms with Crippen molar-refractivity contribution in [3.05, 3.63) is 70.5 Å². The maximum absolute atomic E-state index is 13.5. The fourth-order valence-corrected chi connectivity index (χ4v) is 2.63. The minimum absolute atomic E-state index is 0.0569. The number of nitrogens with one attached hydrogen (secondary N) is 2. The van der Waals surface area contributed by atoms with Crippen LogP contribution in [-0.4, -0.2) is 24.9 Å². The van der Waals surface area contributed by atoms with Crippen LogP contribution in [0.2, 0.25) is 0 Å². The van der Waals surface area contributed by atoms with E-state index in [9.17, 15) is 14.0 Å². The Morgan fingerprint density at radius 2 is 1.67 bits per heavy atom. The van der Waals surface area contributed by atoms with Gasteiger partial charge in [0.05, 0.1) is 0 Å². The van der Waals surface area contributed by atoms with Gasteiger partial charge in [-0.3, -0.25) is 9.59 Å². The second kappa shape index (κ2) is 9.86. The third kappa shape index (κ3) is 6.51. The van der Waals surface area contributed by atoms with Gasteiger partial charge in [0.15, 0.2) is 0 Å². The van der Waals surface area contributed by atoms with Crippen molar-refractivity contribution >= 4 is 11.8 Å². The summed E-state index contributed by atoms with van der Waals surface area (Å²) in [5.74, 6) is -0.321. The lowest BCUT2D eigenvalue weighted by molar-refractivity contribution is -0.121. The van der Waals surface area contributed by atoms with Gasteiger partial charge in [-0.1, -0.05) is 44.2 Å². The van der Waals surface area contributed by atoms with E-state index in [1.54, 1.807) is 19.1 Å². The molecule has 0 spiro atoms. The fraction of sp³-hybridized carbons (Fsp3) is 0.364. The van der Waals surface area contributed by atoms with Gasteiger partial charge < -0.3 is 10.6 Å². The van der Waals surface area contributed by atoms with Crippen molar-refractivity contribution in [3.8, 4) is 0 Å². The molecule has 0 saturated carbocycles. The van der Waals surface area contributed by atoms with E-state index in [2.05, 4.69) is 48.7 Å². The smallest absolute Gasteiger partial charge is 0.251 e. The third-order valence-electron chi connectivity index (χ3n) is 4.45. The quantitative estimate of drug-likeness (QED) is 0.696. The summed E-state index contributed by atoms with van der Waals surface area (Å²) in [7, 11) is 0. The average Bonchev–Trinajstić information content (AvgIpc) is 2.65. The second-order valence-electron chi connectivity index (χ2n) is 6.97. The van der Waals surface area contributed by atoms with Crippen LogP contribution >= 0.6 is 0 Å². The topological polar surface area (TPSA) is 58.2 Å². The van der Waals surface area contributed by atoms with E-state index in [0.717, 1.165) is 5.56 Å². The SMILES string of the molecule is Cc1ccc(C(=O)NCCNC(=O)CCc2ccc(C(C)C)cc2)cc1F. The number of halogens is 1. The molecule has 0 unspecified atom stereocenters. The van der Waals surface area contributed by atoms with Gasteiger partial charge in [-0.25, -0.2) is 4.39 Å². The van der Waals surface area contributed by atoms with E-state index in [-0.39, 0.29) is 17.4 Å². The van der Waals surface area contributed by atoms with Gasteiger partial charge in [-0.15, -0.1) is 0 Å². The normalized spacial score (nSPS) is 10.7. The Balaban J connectivity index is 1.67. The maximum atomic E-state index is 13.5. The minimum atomic E-state index is -0.405. The Kier molecular flexibility index (Phi) is 7.53. The van der Waals surface area contributed by atoms with Crippen LogP contribution in [0, 0.1) is 12.7 Å². The van der Waals surface area contributed by atoms with E-state index < -0.39 is 5.82 Å². The molecule has 0 radical (unpaired) electrons. The van der Waals surface area contributed by atoms with Gasteiger partial charge in [-0.05, 0) is 48.1 Å². The molecule has 5 heteroatoms. The van der Waals surface area contributed by atoms with Crippen molar-refractivity contribution in [2.45, 2.75) is 39.5 Å². The van der Waals surface area contributed by atoms with Crippen molar-refractivity contribution in [1.82, 2.24) is 10.6 Å². The molecule has 0 aliphatic heterocycles. The van der Waals surface area contributed by atoms with Crippen molar-refractivity contribution in [3.63, 3.8) is 0 Å². The highest BCUT2D eigenvalue weighted by Gasteiger charge is 2.08. The van der Waals surface area contributed by atoms with Crippen LogP contribution in [0.4, 0.5) is 4.39 Å². The molecular weight excluding hydrogens is 343 g/mol. The molecule has 4 nitrogen and oxygen atoms in total. The summed E-state index contributed by atoms with van der Waals surface area (Å²) in [4.78, 5) is 23.9. The maximum Gasteiger partial charge on any atom is 0.251 e. The predicted octanol–water partition coefficient (Wildman–Crippen LogP) is 3.74. The largest absolute Gasteiger partial charge is 0.354 e. The lowest BCUT2D eigenvalue weighted by atomic mass is 10.0. The van der Waals surface area contributed by atoms with Gasteiger partial charge >= 0.3 is 0 Å². The third-order valence-corrected chi connectivity index (χ3v) is 4.45. The lowest BCUT2D eigenvalue weighted by Crippen LogP contribution is -2.34. The Bertz CT molecular complexity index is 785. The first-order chi connectivity index (χ1) is 12.9. The van der Waals surface area contributed by atoms with Crippen LogP contribution in [-0.2, 0) is 11.2 Å². The van der Waals surface area contributed by atoms with E-state index >= 15 is 0 Å². The molecule has 0 fully saturated rings. The second-order valence-corrected chi connectivity index (χ2v) is 6.97. The van der Waals surface area contributed by atoms with Crippen LogP contribution in [0.1, 0.15) is 53.2 Å². The molecule has 0 bridgehead atoms. The summed E-state index contributed by atoms with van der Waals surface area (Å²) in [6, 6.07) is 12.7. The van der Waals surface area contributed by atoms with Crippen molar-refractivity contribution in [2.75, 3.05) is 13.1 Å². The molecule has 2 rings (SSSR count). The van der Waals surface area contributed by atoms with Gasteiger partial charge in [0, 0.05) is 25.1 Å². The highest BCUT2D eigenvalue weighted by Crippen LogP contribution is 2.15. The number of amides is 2. The van der Waals surface area contributed by atoms with E-state index in [1.165, 1.54) is 11.6 Å². The van der Waals surface area contributed by atoms with E-state index in [0.29, 0.717) is 37.4 Å². The van der Waals surface area contributed by atoms with Gasteiger partial charge in [0.1, 0.15) is 5.82 Å². The number of rotatable bonds is 8. The number of benzene rings is 2. The summed E-state index contributed by atoms with van der Waals surface area (Å²) in [5, 5.41) is 5.45. The van der Waals surface area contributed by atoms with E-state index in [1.807, 2.05) is 0 Å². The molecule has 0 aromatic heterocycles. The first-order valence-corrected chi connectivity index (χ1v) is 9.26. The molecule has 2 amide bonds. The Morgan fingerprint density at radius 1 is 1.00 bits per heavy atom. The summed E-state index contributed by atoms with van der Waals surface area (Å²) >= 11 is 0. The zero-order valence-electron chi connectivity index (χ0n) is 16.1. The number of carbonyl (C=O) groups is 2. The first-order valence-electron chi connectivity index (χ1n) is 9.26. The summed E-state index contributed by atoms with van der Waals surface area (Å²) in [5.41, 5.74) is 3.18. The highest BCUT2D eigenvalue weighted by molar-refractivity contribution is 5.94. The van der Waals surface area contributed by atoms with Gasteiger partial charge in [0.25, 0.3) is 5.91 Å². The van der Waals surface area contributed by atoms with Crippen LogP contribution < -0.4 is 10.6 Å². The lowest BCUT2D eigenvalue weighted by Gasteiger charge is -2.09. The van der Waals surface area contributed by atoms with Crippen molar-refractivity contribution in [2.24, 2.45) is 0 Å². The number of hydrogen-bond donors (Lipinski definition) is 2. The summed E-state index contributed by atoms with van der Waals surface area (Å²) in [6.07, 6.45) is 1.08. The molecule has 2 aromatic carbocycles. The molecule has 0 saturated heterocycles. The standard InChI is InChI=1S/C22H27FN2O2/c1-15(2)18-9-5-17(6-10-18)7-11-21(26)24-12-13-25-22(27)19-8-4-16(3)20(23)14-19/h4-6,8-10,14-15H,7,11-13H2,1-3H3,(H,24,26)(H,25,27). The monoisotopic (exact) mass is 370 g/mol. The molecule has 27 heavy (non-hydrogen) atoms. The Labute approximate surface area is 160 Å². The van der Waals surface area contributed by atoms with Crippen LogP contribution in [0.25, 0.3) is 0 Å². The van der Waals surface area contributed by atoms with Crippen LogP contribution in [0.15, 0.2) is 42.5 Å². The first kappa shape index (κ1) is 20.6. The minimum Gasteiger partial charge on any atom is -0.354 e. The van der Waals surface area contributed by atoms with Gasteiger partial charge in [-0.2, -0.15) is 0 Å². The zero-order chi connectivity index (χ0) is 19.8. The molecule has 0 atom stereocenters. The summed E-state index contributed by atoms with van der Waals surface area (Å²) in [6.45, 7) is 6.58. The molecule has 2 aromatic rings.